The Morgan fingerprint density at radius 3 is 3.00 bits per heavy atom. The number of nitrogens with two attached hydrogens (primary N) is 1. The molecule has 2 aromatic rings. The molecule has 0 amide bonds. The molecule has 1 unspecified atom stereocenters. The van der Waals surface area contributed by atoms with Crippen molar-refractivity contribution in [3.05, 3.63) is 51.2 Å². The van der Waals surface area contributed by atoms with Crippen LogP contribution in [0.15, 0.2) is 30.3 Å². The zero-order chi connectivity index (χ0) is 13.9. The molecular weight excluding hydrogens is 268 g/mol. The monoisotopic (exact) mass is 288 g/mol. The van der Waals surface area contributed by atoms with Crippen molar-refractivity contribution in [1.82, 2.24) is 5.43 Å². The van der Waals surface area contributed by atoms with Crippen molar-refractivity contribution in [2.24, 2.45) is 5.84 Å². The lowest BCUT2D eigenvalue weighted by Gasteiger charge is -2.14. The second-order valence-corrected chi connectivity index (χ2v) is 6.57. The predicted molar refractivity (Wildman–Crippen MR) is 83.1 cm³/mol. The summed E-state index contributed by atoms with van der Waals surface area (Å²) in [5.41, 5.74) is 5.64. The molecule has 2 heterocycles. The molecule has 1 aliphatic rings. The topological polar surface area (TPSA) is 47.3 Å². The van der Waals surface area contributed by atoms with Gasteiger partial charge in [0.15, 0.2) is 0 Å². The SMILES string of the molecule is Cc1ccc(C(CCc2ccc3c(c2)CCO3)NN)s1. The molecule has 0 saturated carbocycles. The number of aryl methyl sites for hydroxylation is 2. The van der Waals surface area contributed by atoms with Gasteiger partial charge >= 0.3 is 0 Å². The second-order valence-electron chi connectivity index (χ2n) is 5.25. The van der Waals surface area contributed by atoms with Gasteiger partial charge in [0.2, 0.25) is 0 Å². The molecule has 1 aliphatic heterocycles. The third-order valence-electron chi connectivity index (χ3n) is 3.78. The maximum Gasteiger partial charge on any atom is 0.122 e. The van der Waals surface area contributed by atoms with E-state index in [0.717, 1.165) is 31.6 Å². The zero-order valence-electron chi connectivity index (χ0n) is 11.7. The first-order valence-corrected chi connectivity index (χ1v) is 7.85. The summed E-state index contributed by atoms with van der Waals surface area (Å²) in [5.74, 6) is 6.76. The second kappa shape index (κ2) is 5.95. The number of hydrazine groups is 1. The van der Waals surface area contributed by atoms with Crippen LogP contribution in [0.1, 0.15) is 33.3 Å². The molecule has 3 nitrogen and oxygen atoms in total. The molecule has 4 heteroatoms. The fraction of sp³-hybridized carbons (Fsp3) is 0.375. The van der Waals surface area contributed by atoms with Gasteiger partial charge in [0, 0.05) is 16.2 Å². The van der Waals surface area contributed by atoms with E-state index in [4.69, 9.17) is 10.6 Å². The van der Waals surface area contributed by atoms with Crippen molar-refractivity contribution < 1.29 is 4.74 Å². The third-order valence-corrected chi connectivity index (χ3v) is 4.90. The maximum absolute atomic E-state index is 5.71. The Balaban J connectivity index is 1.66. The highest BCUT2D eigenvalue weighted by Gasteiger charge is 2.14. The van der Waals surface area contributed by atoms with Crippen LogP contribution in [0.5, 0.6) is 5.75 Å². The van der Waals surface area contributed by atoms with Gasteiger partial charge < -0.3 is 4.74 Å². The van der Waals surface area contributed by atoms with Gasteiger partial charge in [-0.25, -0.2) is 0 Å². The molecule has 0 radical (unpaired) electrons. The quantitative estimate of drug-likeness (QED) is 0.656. The first kappa shape index (κ1) is 13.6. The summed E-state index contributed by atoms with van der Waals surface area (Å²) >= 11 is 1.81. The lowest BCUT2D eigenvalue weighted by atomic mass is 10.0. The van der Waals surface area contributed by atoms with Crippen molar-refractivity contribution in [2.45, 2.75) is 32.2 Å². The van der Waals surface area contributed by atoms with E-state index in [0.29, 0.717) is 0 Å². The van der Waals surface area contributed by atoms with Crippen LogP contribution in [-0.2, 0) is 12.8 Å². The summed E-state index contributed by atoms with van der Waals surface area (Å²) in [6.07, 6.45) is 3.07. The van der Waals surface area contributed by atoms with Crippen LogP contribution >= 0.6 is 11.3 Å². The van der Waals surface area contributed by atoms with E-state index in [1.54, 1.807) is 0 Å². The van der Waals surface area contributed by atoms with E-state index in [9.17, 15) is 0 Å². The van der Waals surface area contributed by atoms with E-state index in [2.05, 4.69) is 42.7 Å². The van der Waals surface area contributed by atoms with Crippen LogP contribution < -0.4 is 16.0 Å². The molecule has 1 atom stereocenters. The smallest absolute Gasteiger partial charge is 0.122 e. The van der Waals surface area contributed by atoms with Gasteiger partial charge in [0.05, 0.1) is 12.6 Å². The van der Waals surface area contributed by atoms with Crippen molar-refractivity contribution in [3.8, 4) is 5.75 Å². The average molecular weight is 288 g/mol. The fourth-order valence-electron chi connectivity index (χ4n) is 2.65. The highest BCUT2D eigenvalue weighted by molar-refractivity contribution is 7.12. The maximum atomic E-state index is 5.71. The standard InChI is InChI=1S/C16H20N2OS/c1-11-2-7-16(20-11)14(18-17)5-3-12-4-6-15-13(10-12)8-9-19-15/h2,4,6-7,10,14,18H,3,5,8-9,17H2,1H3. The van der Waals surface area contributed by atoms with Gasteiger partial charge in [-0.2, -0.15) is 0 Å². The van der Waals surface area contributed by atoms with E-state index in [-0.39, 0.29) is 6.04 Å². The fourth-order valence-corrected chi connectivity index (χ4v) is 3.63. The first-order chi connectivity index (χ1) is 9.76. The van der Waals surface area contributed by atoms with Gasteiger partial charge in [-0.15, -0.1) is 11.3 Å². The summed E-state index contributed by atoms with van der Waals surface area (Å²) in [6.45, 7) is 2.95. The first-order valence-electron chi connectivity index (χ1n) is 7.03. The van der Waals surface area contributed by atoms with Crippen molar-refractivity contribution in [2.75, 3.05) is 6.61 Å². The Hall–Kier alpha value is -1.36. The summed E-state index contributed by atoms with van der Waals surface area (Å²) in [4.78, 5) is 2.64. The Bertz CT molecular complexity index is 594. The number of fused-ring (bicyclic) bond motifs is 1. The minimum Gasteiger partial charge on any atom is -0.493 e. The normalized spacial score (nSPS) is 14.9. The van der Waals surface area contributed by atoms with E-state index in [1.807, 2.05) is 11.3 Å². The van der Waals surface area contributed by atoms with E-state index >= 15 is 0 Å². The number of rotatable bonds is 5. The summed E-state index contributed by atoms with van der Waals surface area (Å²) in [5, 5.41) is 0. The molecule has 3 N–H and O–H groups in total. The largest absolute Gasteiger partial charge is 0.493 e. The predicted octanol–water partition coefficient (Wildman–Crippen LogP) is 3.13. The van der Waals surface area contributed by atoms with Crippen molar-refractivity contribution >= 4 is 11.3 Å². The summed E-state index contributed by atoms with van der Waals surface area (Å²) in [6, 6.07) is 11.1. The minimum atomic E-state index is 0.234. The van der Waals surface area contributed by atoms with Crippen LogP contribution in [0.4, 0.5) is 0 Å². The van der Waals surface area contributed by atoms with Crippen LogP contribution in [0.3, 0.4) is 0 Å². The molecule has 1 aromatic carbocycles. The molecule has 0 saturated heterocycles. The van der Waals surface area contributed by atoms with Crippen LogP contribution in [-0.4, -0.2) is 6.61 Å². The zero-order valence-corrected chi connectivity index (χ0v) is 12.5. The van der Waals surface area contributed by atoms with Gasteiger partial charge in [0.1, 0.15) is 5.75 Å². The molecule has 106 valence electrons. The van der Waals surface area contributed by atoms with Crippen LogP contribution in [0.2, 0.25) is 0 Å². The number of ether oxygens (including phenoxy) is 1. The summed E-state index contributed by atoms with van der Waals surface area (Å²) < 4.78 is 5.54. The number of nitrogens with one attached hydrogen (secondary N) is 1. The highest BCUT2D eigenvalue weighted by atomic mass is 32.1. The summed E-state index contributed by atoms with van der Waals surface area (Å²) in [7, 11) is 0. The average Bonchev–Trinajstić information content (AvgIpc) is 3.08. The number of thiophene rings is 1. The van der Waals surface area contributed by atoms with Crippen LogP contribution in [0.25, 0.3) is 0 Å². The van der Waals surface area contributed by atoms with E-state index in [1.165, 1.54) is 20.9 Å². The Morgan fingerprint density at radius 1 is 1.35 bits per heavy atom. The van der Waals surface area contributed by atoms with E-state index < -0.39 is 0 Å². The van der Waals surface area contributed by atoms with Gasteiger partial charge in [0.25, 0.3) is 0 Å². The Morgan fingerprint density at radius 2 is 2.25 bits per heavy atom. The Kier molecular flexibility index (Phi) is 4.05. The van der Waals surface area contributed by atoms with Gasteiger partial charge in [-0.05, 0) is 49.1 Å². The molecular formula is C16H20N2OS. The van der Waals surface area contributed by atoms with Gasteiger partial charge in [-0.1, -0.05) is 12.1 Å². The Labute approximate surface area is 123 Å². The van der Waals surface area contributed by atoms with Gasteiger partial charge in [-0.3, -0.25) is 11.3 Å². The lowest BCUT2D eigenvalue weighted by molar-refractivity contribution is 0.357. The number of benzene rings is 1. The van der Waals surface area contributed by atoms with Crippen molar-refractivity contribution in [3.63, 3.8) is 0 Å². The third kappa shape index (κ3) is 2.87. The molecule has 1 aromatic heterocycles. The highest BCUT2D eigenvalue weighted by Crippen LogP contribution is 2.29. The molecule has 0 aliphatic carbocycles. The molecule has 0 fully saturated rings. The molecule has 0 bridgehead atoms. The lowest BCUT2D eigenvalue weighted by Crippen LogP contribution is -2.27. The van der Waals surface area contributed by atoms with Crippen molar-refractivity contribution in [1.29, 1.82) is 0 Å². The van der Waals surface area contributed by atoms with Crippen LogP contribution in [0, 0.1) is 6.92 Å². The molecule has 3 rings (SSSR count). The molecule has 20 heavy (non-hydrogen) atoms. The number of hydrogen-bond acceptors (Lipinski definition) is 4. The minimum absolute atomic E-state index is 0.234. The number of hydrogen-bond donors (Lipinski definition) is 2. The molecule has 0 spiro atoms.